The first-order valence-corrected chi connectivity index (χ1v) is 6.35. The van der Waals surface area contributed by atoms with Crippen LogP contribution in [0.2, 0.25) is 10.0 Å². The highest BCUT2D eigenvalue weighted by Crippen LogP contribution is 2.29. The molecule has 0 spiro atoms. The lowest BCUT2D eigenvalue weighted by Crippen LogP contribution is -2.04. The summed E-state index contributed by atoms with van der Waals surface area (Å²) in [4.78, 5) is 8.02. The van der Waals surface area contributed by atoms with E-state index in [-0.39, 0.29) is 5.95 Å². The maximum absolute atomic E-state index is 5.91. The van der Waals surface area contributed by atoms with Crippen molar-refractivity contribution in [3.05, 3.63) is 34.3 Å². The van der Waals surface area contributed by atoms with Gasteiger partial charge in [-0.15, -0.1) is 0 Å². The summed E-state index contributed by atoms with van der Waals surface area (Å²) in [5.74, 6) is 1.59. The smallest absolute Gasteiger partial charge is 0.226 e. The first kappa shape index (κ1) is 13.7. The Balaban J connectivity index is 2.24. The molecule has 0 saturated carbocycles. The second-order valence-electron chi connectivity index (χ2n) is 3.66. The molecule has 0 aliphatic carbocycles. The van der Waals surface area contributed by atoms with Gasteiger partial charge in [0, 0.05) is 18.7 Å². The lowest BCUT2D eigenvalue weighted by atomic mass is 10.3. The summed E-state index contributed by atoms with van der Waals surface area (Å²) in [6.45, 7) is 2.68. The minimum Gasteiger partial charge on any atom is -0.439 e. The van der Waals surface area contributed by atoms with Crippen molar-refractivity contribution in [3.63, 3.8) is 0 Å². The molecule has 3 N–H and O–H groups in total. The fourth-order valence-electron chi connectivity index (χ4n) is 1.43. The number of hydrogen-bond donors (Lipinski definition) is 2. The maximum atomic E-state index is 5.91. The molecule has 1 heterocycles. The molecule has 0 bridgehead atoms. The summed E-state index contributed by atoms with van der Waals surface area (Å²) in [6.07, 6.45) is 0. The Labute approximate surface area is 120 Å². The molecule has 0 unspecified atom stereocenters. The second-order valence-corrected chi connectivity index (χ2v) is 4.47. The van der Waals surface area contributed by atoms with Crippen LogP contribution in [-0.4, -0.2) is 16.5 Å². The van der Waals surface area contributed by atoms with E-state index in [0.29, 0.717) is 27.5 Å². The van der Waals surface area contributed by atoms with Crippen LogP contribution < -0.4 is 15.8 Å². The Morgan fingerprint density at radius 1 is 1.21 bits per heavy atom. The van der Waals surface area contributed by atoms with Crippen LogP contribution in [-0.2, 0) is 0 Å². The topological polar surface area (TPSA) is 73.1 Å². The van der Waals surface area contributed by atoms with E-state index in [2.05, 4.69) is 15.3 Å². The third-order valence-corrected chi connectivity index (χ3v) is 2.93. The average Bonchev–Trinajstić information content (AvgIpc) is 2.33. The van der Waals surface area contributed by atoms with Crippen molar-refractivity contribution in [2.45, 2.75) is 6.92 Å². The van der Waals surface area contributed by atoms with Gasteiger partial charge in [0.2, 0.25) is 11.8 Å². The molecule has 0 amide bonds. The van der Waals surface area contributed by atoms with Crippen LogP contribution in [0, 0.1) is 0 Å². The number of anilines is 2. The number of benzene rings is 1. The maximum Gasteiger partial charge on any atom is 0.226 e. The number of halogens is 2. The third-order valence-electron chi connectivity index (χ3n) is 2.19. The van der Waals surface area contributed by atoms with Crippen LogP contribution in [0.4, 0.5) is 11.8 Å². The third kappa shape index (κ3) is 3.62. The number of nitrogen functional groups attached to an aromatic ring is 1. The largest absolute Gasteiger partial charge is 0.439 e. The van der Waals surface area contributed by atoms with Crippen LogP contribution in [0.5, 0.6) is 11.6 Å². The zero-order valence-corrected chi connectivity index (χ0v) is 11.7. The molecule has 0 fully saturated rings. The van der Waals surface area contributed by atoms with Gasteiger partial charge in [-0.25, -0.2) is 0 Å². The Kier molecular flexibility index (Phi) is 4.29. The molecule has 2 aromatic rings. The number of aromatic nitrogens is 2. The highest BCUT2D eigenvalue weighted by molar-refractivity contribution is 6.42. The Morgan fingerprint density at radius 3 is 2.68 bits per heavy atom. The Hall–Kier alpha value is -1.72. The van der Waals surface area contributed by atoms with Crippen molar-refractivity contribution in [1.82, 2.24) is 9.97 Å². The molecule has 2 rings (SSSR count). The fraction of sp³-hybridized carbons (Fsp3) is 0.167. The monoisotopic (exact) mass is 298 g/mol. The van der Waals surface area contributed by atoms with E-state index >= 15 is 0 Å². The molecule has 0 radical (unpaired) electrons. The molecule has 0 atom stereocenters. The Morgan fingerprint density at radius 2 is 2.00 bits per heavy atom. The minimum atomic E-state index is 0.133. The summed E-state index contributed by atoms with van der Waals surface area (Å²) >= 11 is 11.7. The average molecular weight is 299 g/mol. The van der Waals surface area contributed by atoms with Gasteiger partial charge in [-0.05, 0) is 19.1 Å². The Bertz CT molecular complexity index is 592. The quantitative estimate of drug-likeness (QED) is 0.902. The second kappa shape index (κ2) is 5.95. The highest BCUT2D eigenvalue weighted by Gasteiger charge is 2.06. The minimum absolute atomic E-state index is 0.133. The van der Waals surface area contributed by atoms with Crippen LogP contribution in [0.15, 0.2) is 24.3 Å². The standard InChI is InChI=1S/C12H12Cl2N4O/c1-2-16-10-6-11(18-12(15)17-10)19-7-3-4-8(13)9(14)5-7/h3-6H,2H2,1H3,(H3,15,16,17,18). The molecule has 19 heavy (non-hydrogen) atoms. The van der Waals surface area contributed by atoms with E-state index in [9.17, 15) is 0 Å². The normalized spacial score (nSPS) is 10.3. The number of nitrogens with two attached hydrogens (primary N) is 1. The van der Waals surface area contributed by atoms with Gasteiger partial charge in [0.1, 0.15) is 11.6 Å². The lowest BCUT2D eigenvalue weighted by Gasteiger charge is -2.08. The number of nitrogens with one attached hydrogen (secondary N) is 1. The molecule has 100 valence electrons. The number of ether oxygens (including phenoxy) is 1. The molecule has 1 aromatic heterocycles. The van der Waals surface area contributed by atoms with E-state index in [1.54, 1.807) is 24.3 Å². The van der Waals surface area contributed by atoms with Crippen LogP contribution in [0.25, 0.3) is 0 Å². The molecule has 0 saturated heterocycles. The van der Waals surface area contributed by atoms with E-state index in [1.807, 2.05) is 6.92 Å². The summed E-state index contributed by atoms with van der Waals surface area (Å²) in [6, 6.07) is 6.60. The van der Waals surface area contributed by atoms with Gasteiger partial charge in [-0.1, -0.05) is 23.2 Å². The SMILES string of the molecule is CCNc1cc(Oc2ccc(Cl)c(Cl)c2)nc(N)n1. The van der Waals surface area contributed by atoms with Crippen LogP contribution in [0.1, 0.15) is 6.92 Å². The predicted molar refractivity (Wildman–Crippen MR) is 77.1 cm³/mol. The van der Waals surface area contributed by atoms with E-state index in [0.717, 1.165) is 6.54 Å². The number of hydrogen-bond acceptors (Lipinski definition) is 5. The van der Waals surface area contributed by atoms with Gasteiger partial charge in [0.05, 0.1) is 10.0 Å². The van der Waals surface area contributed by atoms with Crippen LogP contribution in [0.3, 0.4) is 0 Å². The van der Waals surface area contributed by atoms with E-state index < -0.39 is 0 Å². The molecule has 5 nitrogen and oxygen atoms in total. The van der Waals surface area contributed by atoms with Gasteiger partial charge >= 0.3 is 0 Å². The molecule has 0 aliphatic heterocycles. The van der Waals surface area contributed by atoms with Crippen molar-refractivity contribution in [1.29, 1.82) is 0 Å². The molecule has 0 aliphatic rings. The van der Waals surface area contributed by atoms with Crippen molar-refractivity contribution < 1.29 is 4.74 Å². The van der Waals surface area contributed by atoms with Gasteiger partial charge in [0.25, 0.3) is 0 Å². The molecular weight excluding hydrogens is 287 g/mol. The molecule has 7 heteroatoms. The summed E-state index contributed by atoms with van der Waals surface area (Å²) in [7, 11) is 0. The fourth-order valence-corrected chi connectivity index (χ4v) is 1.72. The zero-order chi connectivity index (χ0) is 13.8. The van der Waals surface area contributed by atoms with Crippen molar-refractivity contribution in [2.24, 2.45) is 0 Å². The van der Waals surface area contributed by atoms with E-state index in [1.165, 1.54) is 0 Å². The van der Waals surface area contributed by atoms with Gasteiger partial charge < -0.3 is 15.8 Å². The zero-order valence-electron chi connectivity index (χ0n) is 10.2. The predicted octanol–water partition coefficient (Wildman–Crippen LogP) is 3.59. The van der Waals surface area contributed by atoms with Crippen molar-refractivity contribution in [2.75, 3.05) is 17.6 Å². The van der Waals surface area contributed by atoms with E-state index in [4.69, 9.17) is 33.7 Å². The first-order chi connectivity index (χ1) is 9.08. The summed E-state index contributed by atoms with van der Waals surface area (Å²) in [5, 5.41) is 3.91. The lowest BCUT2D eigenvalue weighted by molar-refractivity contribution is 0.463. The van der Waals surface area contributed by atoms with Crippen molar-refractivity contribution >= 4 is 35.0 Å². The van der Waals surface area contributed by atoms with Crippen molar-refractivity contribution in [3.8, 4) is 11.6 Å². The number of nitrogens with zero attached hydrogens (tertiary/aromatic N) is 2. The van der Waals surface area contributed by atoms with Crippen LogP contribution >= 0.6 is 23.2 Å². The summed E-state index contributed by atoms with van der Waals surface area (Å²) < 4.78 is 5.57. The van der Waals surface area contributed by atoms with Gasteiger partial charge in [0.15, 0.2) is 0 Å². The molecular formula is C12H12Cl2N4O. The van der Waals surface area contributed by atoms with Gasteiger partial charge in [-0.2, -0.15) is 9.97 Å². The number of rotatable bonds is 4. The van der Waals surface area contributed by atoms with Gasteiger partial charge in [-0.3, -0.25) is 0 Å². The molecule has 1 aromatic carbocycles. The highest BCUT2D eigenvalue weighted by atomic mass is 35.5. The first-order valence-electron chi connectivity index (χ1n) is 5.60. The summed E-state index contributed by atoms with van der Waals surface area (Å²) in [5.41, 5.74) is 5.61.